The van der Waals surface area contributed by atoms with Crippen LogP contribution in [-0.4, -0.2) is 71.0 Å². The maximum atomic E-state index is 12.8. The van der Waals surface area contributed by atoms with Gasteiger partial charge >= 0.3 is 12.0 Å². The fourth-order valence-electron chi connectivity index (χ4n) is 3.49. The van der Waals surface area contributed by atoms with E-state index in [9.17, 15) is 19.5 Å². The van der Waals surface area contributed by atoms with Crippen LogP contribution in [0.15, 0.2) is 46.8 Å². The van der Waals surface area contributed by atoms with E-state index in [-0.39, 0.29) is 11.7 Å². The van der Waals surface area contributed by atoms with Crippen molar-refractivity contribution < 1.29 is 19.5 Å². The molecule has 2 unspecified atom stereocenters. The Kier molecular flexibility index (Phi) is 6.37. The van der Waals surface area contributed by atoms with Gasteiger partial charge in [-0.25, -0.2) is 14.3 Å². The van der Waals surface area contributed by atoms with Crippen molar-refractivity contribution in [2.45, 2.75) is 29.5 Å². The Bertz CT molecular complexity index is 1070. The number of amides is 3. The van der Waals surface area contributed by atoms with E-state index in [1.807, 2.05) is 37.3 Å². The predicted octanol–water partition coefficient (Wildman–Crippen LogP) is 0.985. The molecule has 3 amide bonds. The summed E-state index contributed by atoms with van der Waals surface area (Å²) in [6.45, 7) is 1.85. The first-order valence-corrected chi connectivity index (χ1v) is 11.8. The van der Waals surface area contributed by atoms with Gasteiger partial charge in [-0.15, -0.1) is 16.9 Å². The number of carbonyl (C=O) groups excluding carboxylic acids is 2. The summed E-state index contributed by atoms with van der Waals surface area (Å²) in [6.07, 6.45) is 0. The molecule has 1 saturated heterocycles. The summed E-state index contributed by atoms with van der Waals surface area (Å²) in [4.78, 5) is 38.4. The van der Waals surface area contributed by atoms with Crippen LogP contribution in [0.2, 0.25) is 0 Å². The van der Waals surface area contributed by atoms with Gasteiger partial charge in [0.05, 0.1) is 6.04 Å². The monoisotopic (exact) mass is 475 g/mol. The highest BCUT2D eigenvalue weighted by molar-refractivity contribution is 8.01. The molecule has 1 fully saturated rings. The molecule has 2 aliphatic rings. The Hall–Kier alpha value is -3.06. The van der Waals surface area contributed by atoms with E-state index in [2.05, 4.69) is 26.2 Å². The number of rotatable bonds is 7. The Morgan fingerprint density at radius 1 is 1.34 bits per heavy atom. The highest BCUT2D eigenvalue weighted by Crippen LogP contribution is 2.41. The summed E-state index contributed by atoms with van der Waals surface area (Å²) < 4.78 is 1.49. The van der Waals surface area contributed by atoms with E-state index < -0.39 is 29.3 Å². The Morgan fingerprint density at radius 2 is 2.09 bits per heavy atom. The maximum Gasteiger partial charge on any atom is 0.352 e. The highest BCUT2D eigenvalue weighted by Gasteiger charge is 2.54. The first kappa shape index (κ1) is 22.1. The van der Waals surface area contributed by atoms with Crippen LogP contribution in [-0.2, 0) is 16.6 Å². The summed E-state index contributed by atoms with van der Waals surface area (Å²) >= 11 is 2.72. The van der Waals surface area contributed by atoms with Crippen LogP contribution in [0, 0.1) is 0 Å². The Balaban J connectivity index is 1.41. The molecular formula is C19H21N7O4S2. The smallest absolute Gasteiger partial charge is 0.352 e. The van der Waals surface area contributed by atoms with Crippen molar-refractivity contribution in [3.63, 3.8) is 0 Å². The molecule has 11 nitrogen and oxygen atoms in total. The average molecular weight is 476 g/mol. The van der Waals surface area contributed by atoms with Crippen molar-refractivity contribution in [2.24, 2.45) is 7.05 Å². The van der Waals surface area contributed by atoms with Gasteiger partial charge in [0.1, 0.15) is 17.1 Å². The van der Waals surface area contributed by atoms with Gasteiger partial charge in [0, 0.05) is 18.6 Å². The van der Waals surface area contributed by atoms with Crippen LogP contribution >= 0.6 is 23.5 Å². The van der Waals surface area contributed by atoms with E-state index in [0.29, 0.717) is 22.2 Å². The normalized spacial score (nSPS) is 20.9. The van der Waals surface area contributed by atoms with E-state index in [4.69, 9.17) is 0 Å². The zero-order valence-electron chi connectivity index (χ0n) is 17.3. The fraction of sp³-hybridized carbons (Fsp3) is 0.368. The lowest BCUT2D eigenvalue weighted by Crippen LogP contribution is -2.71. The van der Waals surface area contributed by atoms with Crippen molar-refractivity contribution >= 4 is 41.4 Å². The fourth-order valence-corrected chi connectivity index (χ4v) is 5.83. The second-order valence-corrected chi connectivity index (χ2v) is 9.32. The third kappa shape index (κ3) is 4.30. The van der Waals surface area contributed by atoms with Gasteiger partial charge in [0.2, 0.25) is 5.16 Å². The second-order valence-electron chi connectivity index (χ2n) is 7.27. The first-order chi connectivity index (χ1) is 15.4. The van der Waals surface area contributed by atoms with Crippen molar-refractivity contribution in [3.8, 4) is 0 Å². The quantitative estimate of drug-likeness (QED) is 0.394. The van der Waals surface area contributed by atoms with E-state index >= 15 is 0 Å². The number of aryl methyl sites for hydroxylation is 1. The topological polar surface area (TPSA) is 142 Å². The van der Waals surface area contributed by atoms with Crippen molar-refractivity contribution in [1.82, 2.24) is 35.7 Å². The number of tetrazole rings is 1. The number of hydrogen-bond acceptors (Lipinski definition) is 8. The molecule has 2 aliphatic heterocycles. The number of hydrogen-bond donors (Lipinski definition) is 3. The summed E-state index contributed by atoms with van der Waals surface area (Å²) in [5.41, 5.74) is 1.52. The van der Waals surface area contributed by atoms with Gasteiger partial charge in [-0.2, -0.15) is 0 Å². The van der Waals surface area contributed by atoms with Gasteiger partial charge in [0.25, 0.3) is 5.91 Å². The first-order valence-electron chi connectivity index (χ1n) is 9.74. The largest absolute Gasteiger partial charge is 0.477 e. The molecule has 3 N–H and O–H groups in total. The number of fused-ring (bicyclic) bond motifs is 1. The molecule has 32 heavy (non-hydrogen) atoms. The van der Waals surface area contributed by atoms with Crippen LogP contribution in [0.3, 0.4) is 0 Å². The third-order valence-electron chi connectivity index (χ3n) is 5.14. The highest BCUT2D eigenvalue weighted by atomic mass is 32.2. The summed E-state index contributed by atoms with van der Waals surface area (Å²) in [7, 11) is 1.69. The zero-order chi connectivity index (χ0) is 22.8. The van der Waals surface area contributed by atoms with Gasteiger partial charge < -0.3 is 15.7 Å². The molecular weight excluding hydrogens is 454 g/mol. The molecule has 2 aromatic rings. The molecule has 0 aliphatic carbocycles. The average Bonchev–Trinajstić information content (AvgIpc) is 3.20. The van der Waals surface area contributed by atoms with Gasteiger partial charge in [0.15, 0.2) is 0 Å². The number of thioether (sulfide) groups is 2. The number of carboxylic acid groups (broad SMARTS) is 1. The zero-order valence-corrected chi connectivity index (χ0v) is 18.9. The minimum atomic E-state index is -1.17. The number of carboxylic acids is 1. The summed E-state index contributed by atoms with van der Waals surface area (Å²) in [6, 6.07) is 7.96. The second kappa shape index (κ2) is 9.20. The third-order valence-corrected chi connectivity index (χ3v) is 7.58. The number of β-lactam (4-membered cyclic amide) rings is 1. The lowest BCUT2D eigenvalue weighted by atomic mass is 10.0. The molecule has 13 heteroatoms. The van der Waals surface area contributed by atoms with E-state index in [0.717, 1.165) is 5.56 Å². The van der Waals surface area contributed by atoms with Crippen LogP contribution in [0.4, 0.5) is 4.79 Å². The Morgan fingerprint density at radius 3 is 2.75 bits per heavy atom. The van der Waals surface area contributed by atoms with Gasteiger partial charge in [-0.3, -0.25) is 9.69 Å². The predicted molar refractivity (Wildman–Crippen MR) is 118 cm³/mol. The minimum Gasteiger partial charge on any atom is -0.477 e. The molecule has 1 aromatic heterocycles. The van der Waals surface area contributed by atoms with Gasteiger partial charge in [-0.1, -0.05) is 42.1 Å². The number of aliphatic carboxylic acids is 1. The molecule has 168 valence electrons. The van der Waals surface area contributed by atoms with Crippen molar-refractivity contribution in [3.05, 3.63) is 47.2 Å². The molecule has 0 spiro atoms. The molecule has 4 rings (SSSR count). The summed E-state index contributed by atoms with van der Waals surface area (Å²) in [5.74, 6) is -0.845. The molecule has 3 heterocycles. The van der Waals surface area contributed by atoms with Gasteiger partial charge in [-0.05, 0) is 28.5 Å². The molecule has 0 saturated carbocycles. The van der Waals surface area contributed by atoms with Crippen molar-refractivity contribution in [1.29, 1.82) is 0 Å². The van der Waals surface area contributed by atoms with E-state index in [1.165, 1.54) is 33.1 Å². The van der Waals surface area contributed by atoms with Crippen LogP contribution in [0.1, 0.15) is 18.5 Å². The molecule has 3 atom stereocenters. The number of nitrogens with zero attached hydrogens (tertiary/aromatic N) is 5. The molecule has 0 bridgehead atoms. The van der Waals surface area contributed by atoms with Crippen LogP contribution in [0.5, 0.6) is 0 Å². The maximum absolute atomic E-state index is 12.8. The molecule has 1 aromatic carbocycles. The number of urea groups is 1. The Labute approximate surface area is 192 Å². The number of carbonyl (C=O) groups is 3. The SMILES string of the molecule is CC(NC(=O)NC1C(=O)N2C(C(=O)O)=C(CSc3nnnn3C)CS[C@@H]12)c1ccccc1. The van der Waals surface area contributed by atoms with Crippen LogP contribution in [0.25, 0.3) is 0 Å². The number of benzene rings is 1. The lowest BCUT2D eigenvalue weighted by molar-refractivity contribution is -0.148. The number of aromatic nitrogens is 4. The standard InChI is InChI=1S/C19H21N7O4S2/c1-10(11-6-4-3-5-7-11)20-18(30)21-13-15(27)26-14(17(28)29)12(8-31-16(13)26)9-32-19-22-23-24-25(19)2/h3-7,10,13,16H,8-9H2,1-2H3,(H,28,29)(H2,20,21,30)/t10?,13?,16-/m0/s1. The van der Waals surface area contributed by atoms with Crippen LogP contribution < -0.4 is 10.6 Å². The minimum absolute atomic E-state index is 0.0301. The lowest BCUT2D eigenvalue weighted by Gasteiger charge is -2.49. The summed E-state index contributed by atoms with van der Waals surface area (Å²) in [5, 5.41) is 26.5. The van der Waals surface area contributed by atoms with E-state index in [1.54, 1.807) is 7.05 Å². The van der Waals surface area contributed by atoms with Crippen molar-refractivity contribution in [2.75, 3.05) is 11.5 Å². The number of nitrogens with one attached hydrogen (secondary N) is 2. The molecule has 0 radical (unpaired) electrons.